The van der Waals surface area contributed by atoms with Gasteiger partial charge in [-0.2, -0.15) is 0 Å². The summed E-state index contributed by atoms with van der Waals surface area (Å²) >= 11 is 6.47. The molecular formula is C21H28ClNO2. The summed E-state index contributed by atoms with van der Waals surface area (Å²) in [5, 5.41) is 4.20. The van der Waals surface area contributed by atoms with E-state index in [9.17, 15) is 0 Å². The highest BCUT2D eigenvalue weighted by atomic mass is 35.5. The summed E-state index contributed by atoms with van der Waals surface area (Å²) in [7, 11) is 1.65. The largest absolute Gasteiger partial charge is 0.493 e. The predicted molar refractivity (Wildman–Crippen MR) is 105 cm³/mol. The second kappa shape index (κ2) is 8.59. The smallest absolute Gasteiger partial charge is 0.163 e. The van der Waals surface area contributed by atoms with Crippen LogP contribution in [0, 0.1) is 6.92 Å². The summed E-state index contributed by atoms with van der Waals surface area (Å²) in [4.78, 5) is 0. The summed E-state index contributed by atoms with van der Waals surface area (Å²) in [5.41, 5.74) is 3.42. The number of benzene rings is 2. The van der Waals surface area contributed by atoms with E-state index in [-0.39, 0.29) is 5.54 Å². The predicted octanol–water partition coefficient (Wildman–Crippen LogP) is 5.51. The van der Waals surface area contributed by atoms with Crippen LogP contribution in [0.15, 0.2) is 36.4 Å². The fourth-order valence-corrected chi connectivity index (χ4v) is 2.59. The van der Waals surface area contributed by atoms with Gasteiger partial charge in [-0.05, 0) is 49.9 Å². The molecule has 0 heterocycles. The minimum atomic E-state index is 0.0660. The third kappa shape index (κ3) is 5.38. The zero-order valence-electron chi connectivity index (χ0n) is 15.8. The van der Waals surface area contributed by atoms with Gasteiger partial charge < -0.3 is 14.8 Å². The lowest BCUT2D eigenvalue weighted by Gasteiger charge is -2.25. The molecule has 0 saturated carbocycles. The second-order valence-corrected chi connectivity index (χ2v) is 7.31. The normalized spacial score (nSPS) is 11.4. The lowest BCUT2D eigenvalue weighted by Crippen LogP contribution is -2.37. The van der Waals surface area contributed by atoms with Crippen LogP contribution in [-0.2, 0) is 13.2 Å². The Morgan fingerprint density at radius 1 is 1.08 bits per heavy atom. The molecule has 0 fully saturated rings. The van der Waals surface area contributed by atoms with Gasteiger partial charge in [0.25, 0.3) is 0 Å². The van der Waals surface area contributed by atoms with Crippen molar-refractivity contribution in [3.05, 3.63) is 58.1 Å². The highest BCUT2D eigenvalue weighted by Gasteiger charge is 2.16. The number of rotatable bonds is 8. The number of methoxy groups -OCH3 is 1. The van der Waals surface area contributed by atoms with Crippen molar-refractivity contribution < 1.29 is 9.47 Å². The van der Waals surface area contributed by atoms with Crippen LogP contribution >= 0.6 is 11.6 Å². The molecule has 4 heteroatoms. The molecule has 0 atom stereocenters. The van der Waals surface area contributed by atoms with Crippen molar-refractivity contribution in [1.29, 1.82) is 0 Å². The van der Waals surface area contributed by atoms with E-state index in [0.29, 0.717) is 29.7 Å². The molecule has 1 N–H and O–H groups in total. The summed E-state index contributed by atoms with van der Waals surface area (Å²) in [6.45, 7) is 9.77. The summed E-state index contributed by atoms with van der Waals surface area (Å²) in [6.07, 6.45) is 1.04. The van der Waals surface area contributed by atoms with Crippen LogP contribution in [0.4, 0.5) is 0 Å². The Hall–Kier alpha value is -1.71. The number of nitrogens with one attached hydrogen (secondary N) is 1. The van der Waals surface area contributed by atoms with E-state index >= 15 is 0 Å². The van der Waals surface area contributed by atoms with E-state index < -0.39 is 0 Å². The topological polar surface area (TPSA) is 30.5 Å². The summed E-state index contributed by atoms with van der Waals surface area (Å²) in [6, 6.07) is 12.0. The number of aryl methyl sites for hydroxylation is 1. The molecule has 0 aliphatic rings. The molecule has 0 aromatic heterocycles. The molecule has 3 nitrogen and oxygen atoms in total. The maximum absolute atomic E-state index is 6.47. The second-order valence-electron chi connectivity index (χ2n) is 6.90. The Labute approximate surface area is 156 Å². The standard InChI is InChI=1S/C21H28ClNO2/c1-6-21(3,4)23-13-17-11-19(24-5)20(12-18(17)22)25-14-16-10-8-7-9-15(16)2/h7-12,23H,6,13-14H2,1-5H3. The van der Waals surface area contributed by atoms with Crippen molar-refractivity contribution in [2.45, 2.75) is 52.8 Å². The monoisotopic (exact) mass is 361 g/mol. The first-order valence-corrected chi connectivity index (χ1v) is 9.03. The van der Waals surface area contributed by atoms with Gasteiger partial charge in [-0.1, -0.05) is 42.8 Å². The minimum Gasteiger partial charge on any atom is -0.493 e. The van der Waals surface area contributed by atoms with Gasteiger partial charge in [-0.25, -0.2) is 0 Å². The molecule has 0 radical (unpaired) electrons. The fraction of sp³-hybridized carbons (Fsp3) is 0.429. The Balaban J connectivity index is 2.14. The van der Waals surface area contributed by atoms with E-state index in [1.807, 2.05) is 24.3 Å². The van der Waals surface area contributed by atoms with E-state index in [4.69, 9.17) is 21.1 Å². The SMILES string of the molecule is CCC(C)(C)NCc1cc(OC)c(OCc2ccccc2C)cc1Cl. The van der Waals surface area contributed by atoms with Crippen molar-refractivity contribution >= 4 is 11.6 Å². The van der Waals surface area contributed by atoms with Gasteiger partial charge in [0.1, 0.15) is 6.61 Å². The number of hydrogen-bond donors (Lipinski definition) is 1. The van der Waals surface area contributed by atoms with Crippen molar-refractivity contribution in [2.24, 2.45) is 0 Å². The lowest BCUT2D eigenvalue weighted by atomic mass is 10.0. The van der Waals surface area contributed by atoms with Crippen molar-refractivity contribution in [3.8, 4) is 11.5 Å². The molecule has 0 amide bonds. The van der Waals surface area contributed by atoms with Crippen molar-refractivity contribution in [3.63, 3.8) is 0 Å². The number of hydrogen-bond acceptors (Lipinski definition) is 3. The summed E-state index contributed by atoms with van der Waals surface area (Å²) in [5.74, 6) is 1.36. The number of ether oxygens (including phenoxy) is 2. The number of halogens is 1. The first-order chi connectivity index (χ1) is 11.9. The minimum absolute atomic E-state index is 0.0660. The van der Waals surface area contributed by atoms with E-state index in [0.717, 1.165) is 17.5 Å². The highest BCUT2D eigenvalue weighted by Crippen LogP contribution is 2.34. The molecule has 2 aromatic carbocycles. The fourth-order valence-electron chi connectivity index (χ4n) is 2.37. The van der Waals surface area contributed by atoms with Crippen LogP contribution < -0.4 is 14.8 Å². The van der Waals surface area contributed by atoms with Gasteiger partial charge in [-0.15, -0.1) is 0 Å². The van der Waals surface area contributed by atoms with Crippen LogP contribution in [0.5, 0.6) is 11.5 Å². The van der Waals surface area contributed by atoms with Gasteiger partial charge in [0, 0.05) is 23.2 Å². The molecule has 0 bridgehead atoms. The van der Waals surface area contributed by atoms with Gasteiger partial charge in [0.2, 0.25) is 0 Å². The maximum atomic E-state index is 6.47. The zero-order valence-corrected chi connectivity index (χ0v) is 16.5. The average Bonchev–Trinajstić information content (AvgIpc) is 2.60. The van der Waals surface area contributed by atoms with Crippen LogP contribution in [0.1, 0.15) is 43.9 Å². The van der Waals surface area contributed by atoms with Gasteiger partial charge >= 0.3 is 0 Å². The molecule has 2 aromatic rings. The van der Waals surface area contributed by atoms with Crippen molar-refractivity contribution in [1.82, 2.24) is 5.32 Å². The molecule has 0 spiro atoms. The summed E-state index contributed by atoms with van der Waals surface area (Å²) < 4.78 is 11.5. The Morgan fingerprint density at radius 3 is 2.44 bits per heavy atom. The van der Waals surface area contributed by atoms with Crippen LogP contribution in [0.25, 0.3) is 0 Å². The molecule has 2 rings (SSSR count). The third-order valence-electron chi connectivity index (χ3n) is 4.62. The van der Waals surface area contributed by atoms with Gasteiger partial charge in [0.05, 0.1) is 7.11 Å². The maximum Gasteiger partial charge on any atom is 0.163 e. The molecule has 0 unspecified atom stereocenters. The quantitative estimate of drug-likeness (QED) is 0.672. The molecular weight excluding hydrogens is 334 g/mol. The first-order valence-electron chi connectivity index (χ1n) is 8.65. The average molecular weight is 362 g/mol. The van der Waals surface area contributed by atoms with Crippen LogP contribution in [-0.4, -0.2) is 12.6 Å². The van der Waals surface area contributed by atoms with Gasteiger partial charge in [-0.3, -0.25) is 0 Å². The van der Waals surface area contributed by atoms with Crippen molar-refractivity contribution in [2.75, 3.05) is 7.11 Å². The first kappa shape index (κ1) is 19.6. The Kier molecular flexibility index (Phi) is 6.74. The van der Waals surface area contributed by atoms with Crippen LogP contribution in [0.3, 0.4) is 0 Å². The molecule has 0 aliphatic carbocycles. The highest BCUT2D eigenvalue weighted by molar-refractivity contribution is 6.31. The Bertz CT molecular complexity index is 713. The molecule has 25 heavy (non-hydrogen) atoms. The molecule has 136 valence electrons. The van der Waals surface area contributed by atoms with E-state index in [2.05, 4.69) is 45.1 Å². The third-order valence-corrected chi connectivity index (χ3v) is 4.97. The lowest BCUT2D eigenvalue weighted by molar-refractivity contribution is 0.283. The van der Waals surface area contributed by atoms with Gasteiger partial charge in [0.15, 0.2) is 11.5 Å². The Morgan fingerprint density at radius 2 is 1.80 bits per heavy atom. The zero-order chi connectivity index (χ0) is 18.4. The molecule has 0 saturated heterocycles. The van der Waals surface area contributed by atoms with Crippen LogP contribution in [0.2, 0.25) is 5.02 Å². The van der Waals surface area contributed by atoms with E-state index in [1.54, 1.807) is 7.11 Å². The molecule has 0 aliphatic heterocycles. The van der Waals surface area contributed by atoms with E-state index in [1.165, 1.54) is 5.56 Å².